The molecule has 0 saturated carbocycles. The summed E-state index contributed by atoms with van der Waals surface area (Å²) in [7, 11) is 0. The summed E-state index contributed by atoms with van der Waals surface area (Å²) >= 11 is 0. The number of carbonyl (C=O) groups is 3. The third-order valence-electron chi connectivity index (χ3n) is 13.1. The second kappa shape index (κ2) is 17.8. The first kappa shape index (κ1) is 41.9. The van der Waals surface area contributed by atoms with Gasteiger partial charge in [0.15, 0.2) is 5.82 Å². The number of fused-ring (bicyclic) bond motifs is 1. The maximum absolute atomic E-state index is 12.7. The number of anilines is 2. The maximum Gasteiger partial charge on any atom is 0.328 e. The zero-order valence-corrected chi connectivity index (χ0v) is 36.6. The molecule has 3 aromatic carbocycles. The van der Waals surface area contributed by atoms with Crippen molar-refractivity contribution in [2.24, 2.45) is 5.92 Å². The number of nitrogens with zero attached hydrogens (tertiary/aromatic N) is 7. The SMILES string of the molecule is Cc1cc(-c2ncnc3[nH]c(-c4ccc(C5CCN(CCC6CCN(c7ccc(N8CCC(=O)NC8=O)cc7)CC6)CC5)cc4)cc23)ccc1CNC(=O)c1nc(C(C)(C)C)no1. The third kappa shape index (κ3) is 9.36. The van der Waals surface area contributed by atoms with Gasteiger partial charge < -0.3 is 24.6 Å². The second-order valence-electron chi connectivity index (χ2n) is 18.4. The summed E-state index contributed by atoms with van der Waals surface area (Å²) in [5, 5.41) is 10.2. The van der Waals surface area contributed by atoms with E-state index in [9.17, 15) is 14.4 Å². The van der Waals surface area contributed by atoms with E-state index in [-0.39, 0.29) is 23.2 Å². The summed E-state index contributed by atoms with van der Waals surface area (Å²) in [5.74, 6) is 1.15. The number of benzene rings is 3. The van der Waals surface area contributed by atoms with Gasteiger partial charge in [0.25, 0.3) is 0 Å². The summed E-state index contributed by atoms with van der Waals surface area (Å²) < 4.78 is 5.21. The van der Waals surface area contributed by atoms with E-state index < -0.39 is 5.91 Å². The number of hydrogen-bond acceptors (Lipinski definition) is 10. The number of aromatic amines is 1. The van der Waals surface area contributed by atoms with E-state index in [1.54, 1.807) is 11.2 Å². The van der Waals surface area contributed by atoms with Crippen molar-refractivity contribution < 1.29 is 18.9 Å². The molecular weight excluding hydrogens is 793 g/mol. The van der Waals surface area contributed by atoms with Crippen molar-refractivity contribution in [2.75, 3.05) is 49.1 Å². The molecular formula is C49H56N10O4. The van der Waals surface area contributed by atoms with Crippen molar-refractivity contribution in [1.29, 1.82) is 0 Å². The Kier molecular flexibility index (Phi) is 11.8. The quantitative estimate of drug-likeness (QED) is 0.116. The topological polar surface area (TPSA) is 165 Å². The van der Waals surface area contributed by atoms with Crippen molar-refractivity contribution >= 4 is 40.3 Å². The lowest BCUT2D eigenvalue weighted by Gasteiger charge is -2.36. The summed E-state index contributed by atoms with van der Waals surface area (Å²) in [5.41, 5.74) is 9.87. The normalized spacial score (nSPS) is 17.1. The number of likely N-dealkylation sites (tertiary alicyclic amines) is 1. The zero-order valence-electron chi connectivity index (χ0n) is 36.6. The molecule has 3 aromatic heterocycles. The fourth-order valence-electron chi connectivity index (χ4n) is 9.16. The van der Waals surface area contributed by atoms with Crippen LogP contribution in [-0.4, -0.2) is 87.1 Å². The van der Waals surface area contributed by atoms with Gasteiger partial charge in [-0.2, -0.15) is 4.98 Å². The minimum absolute atomic E-state index is 0.0392. The molecule has 3 N–H and O–H groups in total. The molecule has 3 fully saturated rings. The Morgan fingerprint density at radius 3 is 2.29 bits per heavy atom. The lowest BCUT2D eigenvalue weighted by Crippen LogP contribution is -2.49. The minimum Gasteiger partial charge on any atom is -0.372 e. The van der Waals surface area contributed by atoms with E-state index in [4.69, 9.17) is 9.51 Å². The first-order chi connectivity index (χ1) is 30.4. The number of H-pyrrole nitrogens is 1. The van der Waals surface area contributed by atoms with Crippen molar-refractivity contribution in [1.82, 2.24) is 40.6 Å². The molecule has 0 spiro atoms. The Morgan fingerprint density at radius 2 is 1.59 bits per heavy atom. The van der Waals surface area contributed by atoms with Gasteiger partial charge in [-0.25, -0.2) is 14.8 Å². The van der Waals surface area contributed by atoms with Crippen molar-refractivity contribution in [3.8, 4) is 22.5 Å². The van der Waals surface area contributed by atoms with Crippen LogP contribution in [0.1, 0.15) is 98.4 Å². The smallest absolute Gasteiger partial charge is 0.328 e. The molecule has 9 rings (SSSR count). The predicted molar refractivity (Wildman–Crippen MR) is 244 cm³/mol. The summed E-state index contributed by atoms with van der Waals surface area (Å²) in [6, 6.07) is 25.2. The number of rotatable bonds is 11. The van der Waals surface area contributed by atoms with Gasteiger partial charge in [-0.15, -0.1) is 0 Å². The van der Waals surface area contributed by atoms with Crippen LogP contribution in [0.15, 0.2) is 83.6 Å². The van der Waals surface area contributed by atoms with Crippen molar-refractivity contribution in [3.05, 3.63) is 108 Å². The van der Waals surface area contributed by atoms with Crippen LogP contribution in [0.4, 0.5) is 16.2 Å². The molecule has 0 bridgehead atoms. The molecule has 0 aliphatic carbocycles. The van der Waals surface area contributed by atoms with E-state index >= 15 is 0 Å². The number of hydrogen-bond donors (Lipinski definition) is 3. The van der Waals surface area contributed by atoms with Crippen LogP contribution in [0.5, 0.6) is 0 Å². The number of piperidine rings is 2. The molecule has 3 aliphatic heterocycles. The number of nitrogens with one attached hydrogen (secondary N) is 3. The lowest BCUT2D eigenvalue weighted by molar-refractivity contribution is -0.120. The Hall–Kier alpha value is -6.41. The number of aryl methyl sites for hydroxylation is 1. The van der Waals surface area contributed by atoms with Crippen LogP contribution in [0.25, 0.3) is 33.5 Å². The van der Waals surface area contributed by atoms with Crippen LogP contribution in [0.2, 0.25) is 0 Å². The van der Waals surface area contributed by atoms with E-state index in [1.807, 2.05) is 52.0 Å². The van der Waals surface area contributed by atoms with Crippen molar-refractivity contribution in [2.45, 2.75) is 84.1 Å². The Balaban J connectivity index is 0.742. The van der Waals surface area contributed by atoms with Crippen LogP contribution in [0, 0.1) is 12.8 Å². The van der Waals surface area contributed by atoms with Gasteiger partial charge in [0.1, 0.15) is 12.0 Å². The average molecular weight is 849 g/mol. The van der Waals surface area contributed by atoms with E-state index in [0.717, 1.165) is 82.5 Å². The Bertz CT molecular complexity index is 2600. The average Bonchev–Trinajstić information content (AvgIpc) is 3.98. The molecule has 0 radical (unpaired) electrons. The van der Waals surface area contributed by atoms with Gasteiger partial charge in [0.05, 0.1) is 5.69 Å². The summed E-state index contributed by atoms with van der Waals surface area (Å²) in [6.07, 6.45) is 7.93. The number of carbonyl (C=O) groups excluding carboxylic acids is 3. The Morgan fingerprint density at radius 1 is 0.857 bits per heavy atom. The van der Waals surface area contributed by atoms with Crippen LogP contribution in [0.3, 0.4) is 0 Å². The van der Waals surface area contributed by atoms with Gasteiger partial charge in [-0.3, -0.25) is 19.8 Å². The van der Waals surface area contributed by atoms with Crippen LogP contribution < -0.4 is 20.4 Å². The monoisotopic (exact) mass is 848 g/mol. The first-order valence-electron chi connectivity index (χ1n) is 22.3. The Labute approximate surface area is 367 Å². The molecule has 3 saturated heterocycles. The fraction of sp³-hybridized carbons (Fsp3) is 0.408. The van der Waals surface area contributed by atoms with Gasteiger partial charge in [-0.1, -0.05) is 62.3 Å². The highest BCUT2D eigenvalue weighted by molar-refractivity contribution is 6.05. The largest absolute Gasteiger partial charge is 0.372 e. The number of aromatic nitrogens is 5. The number of imide groups is 1. The molecule has 6 aromatic rings. The highest BCUT2D eigenvalue weighted by Crippen LogP contribution is 2.34. The second-order valence-corrected chi connectivity index (χ2v) is 18.4. The predicted octanol–water partition coefficient (Wildman–Crippen LogP) is 8.14. The fourth-order valence-corrected chi connectivity index (χ4v) is 9.16. The molecule has 4 amide bonds. The van der Waals surface area contributed by atoms with Gasteiger partial charge in [-0.05, 0) is 129 Å². The molecule has 14 nitrogen and oxygen atoms in total. The molecule has 3 aliphatic rings. The van der Waals surface area contributed by atoms with E-state index in [2.05, 4.69) is 89.1 Å². The molecule has 63 heavy (non-hydrogen) atoms. The number of amides is 4. The standard InChI is InChI=1S/C49H56N10O4/c1-31-27-36(9-10-37(31)29-50-45(61)46-55-47(56-63-46)49(2,3)4)43-40-28-41(53-44(40)52-30-51-43)35-7-5-33(6-8-35)34-18-22-57(23-19-34)21-15-32-16-24-58(25-17-32)38-11-13-39(14-12-38)59-26-20-42(60)54-48(59)62/h5-14,27-28,30,32,34H,15-26,29H2,1-4H3,(H,50,61)(H,51,52,53)(H,54,60,62). The highest BCUT2D eigenvalue weighted by atomic mass is 16.5. The highest BCUT2D eigenvalue weighted by Gasteiger charge is 2.27. The molecule has 0 atom stereocenters. The molecule has 6 heterocycles. The first-order valence-corrected chi connectivity index (χ1v) is 22.3. The van der Waals surface area contributed by atoms with Crippen LogP contribution in [-0.2, 0) is 16.8 Å². The molecule has 0 unspecified atom stereocenters. The molecule has 14 heteroatoms. The maximum atomic E-state index is 12.7. The van der Waals surface area contributed by atoms with Crippen LogP contribution >= 0.6 is 0 Å². The van der Waals surface area contributed by atoms with E-state index in [0.29, 0.717) is 31.3 Å². The van der Waals surface area contributed by atoms with Gasteiger partial charge in [0.2, 0.25) is 5.91 Å². The zero-order chi connectivity index (χ0) is 43.7. The summed E-state index contributed by atoms with van der Waals surface area (Å²) in [4.78, 5) is 60.3. The van der Waals surface area contributed by atoms with E-state index in [1.165, 1.54) is 49.9 Å². The number of urea groups is 1. The lowest BCUT2D eigenvalue weighted by atomic mass is 9.88. The third-order valence-corrected chi connectivity index (χ3v) is 13.1. The van der Waals surface area contributed by atoms with Gasteiger partial charge >= 0.3 is 17.8 Å². The van der Waals surface area contributed by atoms with Crippen molar-refractivity contribution in [3.63, 3.8) is 0 Å². The minimum atomic E-state index is -0.400. The summed E-state index contributed by atoms with van der Waals surface area (Å²) in [6.45, 7) is 14.2. The molecule has 326 valence electrons. The van der Waals surface area contributed by atoms with Gasteiger partial charge in [0, 0.05) is 66.0 Å².